The van der Waals surface area contributed by atoms with E-state index < -0.39 is 0 Å². The molecular weight excluding hydrogens is 395 g/mol. The van der Waals surface area contributed by atoms with Gasteiger partial charge in [-0.1, -0.05) is 12.5 Å². The first-order valence-corrected chi connectivity index (χ1v) is 8.84. The highest BCUT2D eigenvalue weighted by Crippen LogP contribution is 2.27. The number of anilines is 1. The van der Waals surface area contributed by atoms with Crippen molar-refractivity contribution in [3.63, 3.8) is 0 Å². The number of hydrogen-bond acceptors (Lipinski definition) is 4. The molecule has 0 radical (unpaired) electrons. The highest BCUT2D eigenvalue weighted by atomic mass is 35.5. The van der Waals surface area contributed by atoms with Crippen molar-refractivity contribution in [2.24, 2.45) is 11.7 Å². The van der Waals surface area contributed by atoms with Gasteiger partial charge in [-0.15, -0.1) is 37.2 Å². The third-order valence-electron chi connectivity index (χ3n) is 5.25. The van der Waals surface area contributed by atoms with Gasteiger partial charge in [0.1, 0.15) is 5.82 Å². The van der Waals surface area contributed by atoms with E-state index in [2.05, 4.69) is 34.3 Å². The number of carbonyl (C=O) groups excluding carboxylic acids is 1. The summed E-state index contributed by atoms with van der Waals surface area (Å²) in [6.45, 7) is 3.95. The van der Waals surface area contributed by atoms with Crippen LogP contribution in [0.4, 0.5) is 5.82 Å². The Labute approximate surface area is 175 Å². The normalized spacial score (nSPS) is 22.6. The topological polar surface area (TPSA) is 71.2 Å². The molecule has 1 amide bonds. The van der Waals surface area contributed by atoms with E-state index in [4.69, 9.17) is 5.73 Å². The van der Waals surface area contributed by atoms with Crippen molar-refractivity contribution in [1.29, 1.82) is 0 Å². The van der Waals surface area contributed by atoms with Gasteiger partial charge in [-0.25, -0.2) is 4.98 Å². The molecule has 1 aliphatic carbocycles. The number of nitrogens with two attached hydrogens (primary N) is 1. The number of aromatic nitrogens is 1. The zero-order valence-corrected chi connectivity index (χ0v) is 17.7. The van der Waals surface area contributed by atoms with Crippen molar-refractivity contribution in [2.45, 2.75) is 57.5 Å². The minimum Gasteiger partial charge on any atom is -0.356 e. The van der Waals surface area contributed by atoms with Crippen LogP contribution in [0.25, 0.3) is 0 Å². The third kappa shape index (κ3) is 6.76. The first-order valence-electron chi connectivity index (χ1n) is 8.84. The maximum absolute atomic E-state index is 12.2. The third-order valence-corrected chi connectivity index (χ3v) is 5.25. The van der Waals surface area contributed by atoms with Crippen molar-refractivity contribution in [3.8, 4) is 0 Å². The molecule has 0 unspecified atom stereocenters. The molecular formula is C18H31Cl3N4O. The SMILES string of the molecule is Cc1ccc(N2CCC(NC(=O)C[C@@H]3CCC[C@H]3N)CC2)nc1.Cl.Cl.Cl. The summed E-state index contributed by atoms with van der Waals surface area (Å²) in [4.78, 5) is 19.0. The molecule has 1 saturated carbocycles. The van der Waals surface area contributed by atoms with E-state index in [0.717, 1.165) is 44.6 Å². The zero-order chi connectivity index (χ0) is 16.2. The number of rotatable bonds is 4. The summed E-state index contributed by atoms with van der Waals surface area (Å²) in [5.41, 5.74) is 7.24. The highest BCUT2D eigenvalue weighted by molar-refractivity contribution is 5.86. The first kappa shape index (κ1) is 25.2. The van der Waals surface area contributed by atoms with Crippen LogP contribution in [0.3, 0.4) is 0 Å². The van der Waals surface area contributed by atoms with Crippen LogP contribution in [0.5, 0.6) is 0 Å². The quantitative estimate of drug-likeness (QED) is 0.776. The van der Waals surface area contributed by atoms with Crippen LogP contribution < -0.4 is 16.0 Å². The molecule has 2 atom stereocenters. The van der Waals surface area contributed by atoms with Crippen LogP contribution in [0, 0.1) is 12.8 Å². The van der Waals surface area contributed by atoms with E-state index in [1.54, 1.807) is 0 Å². The smallest absolute Gasteiger partial charge is 0.220 e. The Hall–Kier alpha value is -0.750. The standard InChI is InChI=1S/C18H28N4O.3ClH/c1-13-5-6-17(20-12-13)22-9-7-15(8-10-22)21-18(23)11-14-3-2-4-16(14)19;;;/h5-6,12,14-16H,2-4,7-11,19H2,1H3,(H,21,23);3*1H/t14-,16+;;;/m0.../s1. The summed E-state index contributed by atoms with van der Waals surface area (Å²) in [6, 6.07) is 4.69. The number of nitrogens with one attached hydrogen (secondary N) is 1. The maximum Gasteiger partial charge on any atom is 0.220 e. The Balaban J connectivity index is 0.00000208. The van der Waals surface area contributed by atoms with E-state index >= 15 is 0 Å². The number of amides is 1. The van der Waals surface area contributed by atoms with Crippen molar-refractivity contribution in [3.05, 3.63) is 23.9 Å². The van der Waals surface area contributed by atoms with Crippen molar-refractivity contribution >= 4 is 48.9 Å². The van der Waals surface area contributed by atoms with E-state index in [0.29, 0.717) is 18.4 Å². The molecule has 3 rings (SSSR count). The van der Waals surface area contributed by atoms with E-state index in [1.807, 2.05) is 6.20 Å². The fourth-order valence-corrected chi connectivity index (χ4v) is 3.74. The summed E-state index contributed by atoms with van der Waals surface area (Å²) in [7, 11) is 0. The highest BCUT2D eigenvalue weighted by Gasteiger charge is 2.27. The molecule has 3 N–H and O–H groups in total. The number of piperidine rings is 1. The Kier molecular flexibility index (Phi) is 11.5. The Morgan fingerprint density at radius 1 is 1.19 bits per heavy atom. The number of hydrogen-bond donors (Lipinski definition) is 2. The van der Waals surface area contributed by atoms with Gasteiger partial charge in [0.2, 0.25) is 5.91 Å². The van der Waals surface area contributed by atoms with Crippen molar-refractivity contribution < 1.29 is 4.79 Å². The van der Waals surface area contributed by atoms with Gasteiger partial charge in [-0.3, -0.25) is 4.79 Å². The predicted octanol–water partition coefficient (Wildman–Crippen LogP) is 3.26. The van der Waals surface area contributed by atoms with Gasteiger partial charge in [-0.05, 0) is 50.2 Å². The average molecular weight is 426 g/mol. The maximum atomic E-state index is 12.2. The summed E-state index contributed by atoms with van der Waals surface area (Å²) < 4.78 is 0. The molecule has 1 aliphatic heterocycles. The molecule has 150 valence electrons. The second kappa shape index (κ2) is 11.9. The number of nitrogens with zero attached hydrogens (tertiary/aromatic N) is 2. The molecule has 2 aliphatic rings. The molecule has 8 heteroatoms. The van der Waals surface area contributed by atoms with Crippen molar-refractivity contribution in [1.82, 2.24) is 10.3 Å². The summed E-state index contributed by atoms with van der Waals surface area (Å²) in [5, 5.41) is 3.21. The fraction of sp³-hybridized carbons (Fsp3) is 0.667. The van der Waals surface area contributed by atoms with Crippen LogP contribution in [-0.4, -0.2) is 36.1 Å². The molecule has 2 heterocycles. The molecule has 1 saturated heterocycles. The van der Waals surface area contributed by atoms with Crippen LogP contribution >= 0.6 is 37.2 Å². The fourth-order valence-electron chi connectivity index (χ4n) is 3.74. The number of pyridine rings is 1. The molecule has 26 heavy (non-hydrogen) atoms. The van der Waals surface area contributed by atoms with Crippen LogP contribution in [0.15, 0.2) is 18.3 Å². The second-order valence-electron chi connectivity index (χ2n) is 7.08. The van der Waals surface area contributed by atoms with Crippen LogP contribution in [0.2, 0.25) is 0 Å². The predicted molar refractivity (Wildman–Crippen MR) is 114 cm³/mol. The van der Waals surface area contributed by atoms with Gasteiger partial charge < -0.3 is 16.0 Å². The summed E-state index contributed by atoms with van der Waals surface area (Å²) >= 11 is 0. The van der Waals surface area contributed by atoms with Crippen molar-refractivity contribution in [2.75, 3.05) is 18.0 Å². The lowest BCUT2D eigenvalue weighted by Gasteiger charge is -2.33. The van der Waals surface area contributed by atoms with E-state index in [9.17, 15) is 4.79 Å². The minimum absolute atomic E-state index is 0. The molecule has 0 bridgehead atoms. The Morgan fingerprint density at radius 3 is 2.42 bits per heavy atom. The lowest BCUT2D eigenvalue weighted by atomic mass is 9.98. The first-order chi connectivity index (χ1) is 11.1. The average Bonchev–Trinajstić information content (AvgIpc) is 2.94. The molecule has 2 fully saturated rings. The summed E-state index contributed by atoms with van der Waals surface area (Å²) in [6.07, 6.45) is 7.82. The molecule has 0 aromatic carbocycles. The van der Waals surface area contributed by atoms with E-state index in [-0.39, 0.29) is 49.2 Å². The molecule has 0 spiro atoms. The van der Waals surface area contributed by atoms with Gasteiger partial charge in [0, 0.05) is 37.8 Å². The second-order valence-corrected chi connectivity index (χ2v) is 7.08. The number of halogens is 3. The Morgan fingerprint density at radius 2 is 1.88 bits per heavy atom. The monoisotopic (exact) mass is 424 g/mol. The molecule has 1 aromatic rings. The van der Waals surface area contributed by atoms with Gasteiger partial charge in [0.25, 0.3) is 0 Å². The van der Waals surface area contributed by atoms with Gasteiger partial charge in [0.15, 0.2) is 0 Å². The number of aryl methyl sites for hydroxylation is 1. The number of carbonyl (C=O) groups is 1. The Bertz CT molecular complexity index is 536. The summed E-state index contributed by atoms with van der Waals surface area (Å²) in [5.74, 6) is 1.60. The zero-order valence-electron chi connectivity index (χ0n) is 15.2. The van der Waals surface area contributed by atoms with Crippen LogP contribution in [0.1, 0.15) is 44.1 Å². The van der Waals surface area contributed by atoms with Gasteiger partial charge in [0.05, 0.1) is 0 Å². The lowest BCUT2D eigenvalue weighted by Crippen LogP contribution is -2.45. The van der Waals surface area contributed by atoms with Crippen LogP contribution in [-0.2, 0) is 4.79 Å². The molecule has 1 aromatic heterocycles. The molecule has 5 nitrogen and oxygen atoms in total. The van der Waals surface area contributed by atoms with Gasteiger partial charge in [-0.2, -0.15) is 0 Å². The van der Waals surface area contributed by atoms with E-state index in [1.165, 1.54) is 12.0 Å². The minimum atomic E-state index is 0. The largest absolute Gasteiger partial charge is 0.356 e. The van der Waals surface area contributed by atoms with Gasteiger partial charge >= 0.3 is 0 Å². The lowest BCUT2D eigenvalue weighted by molar-refractivity contribution is -0.122.